The number of carbonyl (C=O) groups is 3. The molecule has 1 heterocycles. The summed E-state index contributed by atoms with van der Waals surface area (Å²) in [4.78, 5) is 33.9. The average Bonchev–Trinajstić information content (AvgIpc) is 2.59. The maximum Gasteiger partial charge on any atom is 0.327 e. The highest BCUT2D eigenvalue weighted by Gasteiger charge is 2.24. The van der Waals surface area contributed by atoms with Gasteiger partial charge in [0.2, 0.25) is 11.8 Å². The number of amides is 2. The monoisotopic (exact) mass is 353 g/mol. The Morgan fingerprint density at radius 1 is 0.960 bits per heavy atom. The lowest BCUT2D eigenvalue weighted by molar-refractivity contribution is -0.148. The molecule has 1 rings (SSSR count). The second-order valence-electron chi connectivity index (χ2n) is 6.52. The minimum atomic E-state index is -0.981. The Labute approximate surface area is 152 Å². The zero-order chi connectivity index (χ0) is 18.9. The number of aliphatic carboxylic acids is 1. The second-order valence-corrected chi connectivity index (χ2v) is 6.52. The van der Waals surface area contributed by atoms with Gasteiger partial charge in [-0.15, -0.1) is 0 Å². The van der Waals surface area contributed by atoms with Gasteiger partial charge < -0.3 is 5.11 Å². The Morgan fingerprint density at radius 3 is 1.76 bits per heavy atom. The van der Waals surface area contributed by atoms with Crippen LogP contribution < -0.4 is 0 Å². The van der Waals surface area contributed by atoms with E-state index in [2.05, 4.69) is 13.5 Å². The van der Waals surface area contributed by atoms with Gasteiger partial charge in [-0.05, 0) is 12.8 Å². The Morgan fingerprint density at radius 2 is 1.36 bits per heavy atom. The topological polar surface area (TPSA) is 74.7 Å². The van der Waals surface area contributed by atoms with Gasteiger partial charge in [0, 0.05) is 25.5 Å². The molecule has 1 aliphatic rings. The number of carboxylic acids is 1. The molecule has 144 valence electrons. The van der Waals surface area contributed by atoms with E-state index >= 15 is 0 Å². The van der Waals surface area contributed by atoms with Crippen LogP contribution >= 0.6 is 0 Å². The zero-order valence-electron chi connectivity index (χ0n) is 15.8. The van der Waals surface area contributed by atoms with E-state index < -0.39 is 5.97 Å². The van der Waals surface area contributed by atoms with Gasteiger partial charge in [-0.1, -0.05) is 71.3 Å². The van der Waals surface area contributed by atoms with Crippen molar-refractivity contribution in [3.8, 4) is 0 Å². The largest absolute Gasteiger partial charge is 0.478 e. The van der Waals surface area contributed by atoms with E-state index in [-0.39, 0.29) is 11.8 Å². The third kappa shape index (κ3) is 13.3. The minimum Gasteiger partial charge on any atom is -0.478 e. The van der Waals surface area contributed by atoms with Crippen LogP contribution in [-0.2, 0) is 14.4 Å². The molecule has 1 saturated heterocycles. The van der Waals surface area contributed by atoms with Crippen molar-refractivity contribution in [3.05, 3.63) is 12.7 Å². The van der Waals surface area contributed by atoms with Crippen LogP contribution in [-0.4, -0.2) is 34.3 Å². The molecule has 2 amide bonds. The van der Waals surface area contributed by atoms with Gasteiger partial charge in [-0.3, -0.25) is 14.5 Å². The molecule has 0 aromatic carbocycles. The van der Waals surface area contributed by atoms with Crippen LogP contribution in [0.1, 0.15) is 90.4 Å². The molecule has 0 aliphatic carbocycles. The zero-order valence-corrected chi connectivity index (χ0v) is 15.8. The Bertz CT molecular complexity index is 391. The van der Waals surface area contributed by atoms with Crippen LogP contribution in [0.2, 0.25) is 0 Å². The van der Waals surface area contributed by atoms with E-state index in [0.29, 0.717) is 19.4 Å². The summed E-state index contributed by atoms with van der Waals surface area (Å²) >= 11 is 0. The lowest BCUT2D eigenvalue weighted by Gasteiger charge is -2.24. The summed E-state index contributed by atoms with van der Waals surface area (Å²) in [7, 11) is 0. The van der Waals surface area contributed by atoms with Gasteiger partial charge in [0.1, 0.15) is 0 Å². The third-order valence-corrected chi connectivity index (χ3v) is 4.29. The Balaban J connectivity index is 0.00000101. The summed E-state index contributed by atoms with van der Waals surface area (Å²) in [5.41, 5.74) is 0. The molecule has 1 fully saturated rings. The highest BCUT2D eigenvalue weighted by molar-refractivity contribution is 5.97. The molecule has 5 heteroatoms. The van der Waals surface area contributed by atoms with E-state index in [1.165, 1.54) is 56.3 Å². The number of imide groups is 1. The number of carbonyl (C=O) groups excluding carboxylic acids is 2. The van der Waals surface area contributed by atoms with E-state index in [0.717, 1.165) is 25.3 Å². The summed E-state index contributed by atoms with van der Waals surface area (Å²) in [6.07, 6.45) is 15.5. The number of nitrogens with zero attached hydrogens (tertiary/aromatic N) is 1. The Kier molecular flexibility index (Phi) is 14.8. The fraction of sp³-hybridized carbons (Fsp3) is 0.750. The maximum atomic E-state index is 11.6. The molecule has 0 spiro atoms. The predicted molar refractivity (Wildman–Crippen MR) is 100 cm³/mol. The fourth-order valence-corrected chi connectivity index (χ4v) is 2.81. The summed E-state index contributed by atoms with van der Waals surface area (Å²) in [5, 5.41) is 7.60. The average molecular weight is 354 g/mol. The highest BCUT2D eigenvalue weighted by Crippen LogP contribution is 2.14. The molecule has 0 aromatic rings. The van der Waals surface area contributed by atoms with Crippen molar-refractivity contribution in [2.24, 2.45) is 0 Å². The van der Waals surface area contributed by atoms with Crippen LogP contribution in [0, 0.1) is 0 Å². The maximum absolute atomic E-state index is 11.6. The lowest BCUT2D eigenvalue weighted by Crippen LogP contribution is -2.40. The van der Waals surface area contributed by atoms with Crippen molar-refractivity contribution in [1.29, 1.82) is 0 Å². The quantitative estimate of drug-likeness (QED) is 0.313. The lowest BCUT2D eigenvalue weighted by atomic mass is 10.1. The first-order valence-electron chi connectivity index (χ1n) is 9.71. The van der Waals surface area contributed by atoms with Gasteiger partial charge in [0.15, 0.2) is 0 Å². The number of hydrogen-bond donors (Lipinski definition) is 1. The number of carboxylic acid groups (broad SMARTS) is 1. The smallest absolute Gasteiger partial charge is 0.327 e. The molecule has 0 atom stereocenters. The number of likely N-dealkylation sites (tertiary alicyclic amines) is 1. The molecule has 0 unspecified atom stereocenters. The van der Waals surface area contributed by atoms with Crippen LogP contribution in [0.3, 0.4) is 0 Å². The van der Waals surface area contributed by atoms with Crippen LogP contribution in [0.4, 0.5) is 0 Å². The molecular formula is C20H35NO4. The molecule has 25 heavy (non-hydrogen) atoms. The first-order chi connectivity index (χ1) is 12.0. The molecule has 0 radical (unpaired) electrons. The van der Waals surface area contributed by atoms with Crippen LogP contribution in [0.25, 0.3) is 0 Å². The van der Waals surface area contributed by atoms with E-state index in [4.69, 9.17) is 5.11 Å². The van der Waals surface area contributed by atoms with Crippen molar-refractivity contribution < 1.29 is 19.5 Å². The third-order valence-electron chi connectivity index (χ3n) is 4.29. The molecule has 5 nitrogen and oxygen atoms in total. The summed E-state index contributed by atoms with van der Waals surface area (Å²) in [6.45, 7) is 5.86. The molecule has 0 bridgehead atoms. The molecule has 1 N–H and O–H groups in total. The molecule has 0 saturated carbocycles. The first-order valence-corrected chi connectivity index (χ1v) is 9.71. The van der Waals surface area contributed by atoms with E-state index in [1.54, 1.807) is 0 Å². The summed E-state index contributed by atoms with van der Waals surface area (Å²) in [5.74, 6) is -0.903. The second kappa shape index (κ2) is 15.9. The van der Waals surface area contributed by atoms with Crippen LogP contribution in [0.5, 0.6) is 0 Å². The SMILES string of the molecule is C=CC(=O)O.CCCCCCCCCCCCN1C(=O)CCCC1=O. The van der Waals surface area contributed by atoms with E-state index in [1.807, 2.05) is 0 Å². The van der Waals surface area contributed by atoms with Gasteiger partial charge in [-0.2, -0.15) is 0 Å². The first kappa shape index (κ1) is 23.4. The normalized spacial score (nSPS) is 14.0. The van der Waals surface area contributed by atoms with E-state index in [9.17, 15) is 14.4 Å². The van der Waals surface area contributed by atoms with Crippen molar-refractivity contribution >= 4 is 17.8 Å². The number of unbranched alkanes of at least 4 members (excludes halogenated alkanes) is 9. The van der Waals surface area contributed by atoms with Gasteiger partial charge >= 0.3 is 5.97 Å². The summed E-state index contributed by atoms with van der Waals surface area (Å²) in [6, 6.07) is 0. The Hall–Kier alpha value is -1.65. The van der Waals surface area contributed by atoms with Crippen molar-refractivity contribution in [3.63, 3.8) is 0 Å². The number of hydrogen-bond acceptors (Lipinski definition) is 3. The molecule has 1 aliphatic heterocycles. The number of rotatable bonds is 12. The van der Waals surface area contributed by atoms with Gasteiger partial charge in [0.05, 0.1) is 0 Å². The summed E-state index contributed by atoms with van der Waals surface area (Å²) < 4.78 is 0. The number of piperidine rings is 1. The standard InChI is InChI=1S/C17H31NO2.C3H4O2/c1-2-3-4-5-6-7-8-9-10-11-15-18-16(19)13-12-14-17(18)20;1-2-3(4)5/h2-15H2,1H3;2H,1H2,(H,4,5). The van der Waals surface area contributed by atoms with Crippen LogP contribution in [0.15, 0.2) is 12.7 Å². The van der Waals surface area contributed by atoms with Crippen molar-refractivity contribution in [2.75, 3.05) is 6.54 Å². The van der Waals surface area contributed by atoms with Gasteiger partial charge in [-0.25, -0.2) is 4.79 Å². The molecule has 0 aromatic heterocycles. The van der Waals surface area contributed by atoms with Crippen molar-refractivity contribution in [2.45, 2.75) is 90.4 Å². The van der Waals surface area contributed by atoms with Gasteiger partial charge in [0.25, 0.3) is 0 Å². The highest BCUT2D eigenvalue weighted by atomic mass is 16.4. The predicted octanol–water partition coefficient (Wildman–Crippen LogP) is 4.70. The minimum absolute atomic E-state index is 0.0391. The fourth-order valence-electron chi connectivity index (χ4n) is 2.81. The van der Waals surface area contributed by atoms with Crippen molar-refractivity contribution in [1.82, 2.24) is 4.90 Å². The molecular weight excluding hydrogens is 318 g/mol.